The van der Waals surface area contributed by atoms with Crippen LogP contribution >= 0.6 is 141 Å². The third-order valence-electron chi connectivity index (χ3n) is 7.83. The molecule has 370 valence electrons. The first-order chi connectivity index (χ1) is 33.2. The fraction of sp³-hybridized carbons (Fsp3) is 0.238. The van der Waals surface area contributed by atoms with Crippen LogP contribution in [0.2, 0.25) is 21.1 Å². The predicted molar refractivity (Wildman–Crippen MR) is 279 cm³/mol. The quantitative estimate of drug-likeness (QED) is 0.0759. The van der Waals surface area contributed by atoms with E-state index in [0.29, 0.717) is 38.4 Å². The number of aromatic nitrogens is 8. The average molecular weight is 1330 g/mol. The van der Waals surface area contributed by atoms with Crippen LogP contribution in [0.1, 0.15) is 83.1 Å². The maximum atomic E-state index is 12.1. The number of hydrogen-bond acceptors (Lipinski definition) is 13. The largest absolute Gasteiger partial charge is 1.00 e. The van der Waals surface area contributed by atoms with E-state index in [2.05, 4.69) is 93.0 Å². The van der Waals surface area contributed by atoms with Gasteiger partial charge in [-0.2, -0.15) is 0 Å². The first kappa shape index (κ1) is 63.8. The molecule has 0 unspecified atom stereocenters. The molecule has 28 heteroatoms. The van der Waals surface area contributed by atoms with Gasteiger partial charge in [-0.05, 0) is 102 Å². The zero-order valence-electron chi connectivity index (χ0n) is 38.4. The van der Waals surface area contributed by atoms with Crippen molar-refractivity contribution in [2.24, 2.45) is 0 Å². The van der Waals surface area contributed by atoms with Gasteiger partial charge in [0.2, 0.25) is 21.1 Å². The summed E-state index contributed by atoms with van der Waals surface area (Å²) in [4.78, 5) is 77.6. The van der Waals surface area contributed by atoms with Crippen molar-refractivity contribution in [3.63, 3.8) is 0 Å². The molecular formula is C42H37Br3Cl8FN10NaO5. The number of nitrogens with zero attached hydrogens (tertiary/aromatic N) is 9. The van der Waals surface area contributed by atoms with Gasteiger partial charge in [0.15, 0.2) is 0 Å². The molecule has 7 heterocycles. The van der Waals surface area contributed by atoms with Crippen molar-refractivity contribution in [2.45, 2.75) is 38.6 Å². The van der Waals surface area contributed by atoms with Crippen molar-refractivity contribution in [3.05, 3.63) is 164 Å². The van der Waals surface area contributed by atoms with Crippen LogP contribution in [-0.4, -0.2) is 92.0 Å². The number of alkyl halides is 8. The molecule has 0 saturated carbocycles. The molecular weight excluding hydrogens is 1290 g/mol. The first-order valence-corrected chi connectivity index (χ1v) is 24.9. The molecule has 4 amide bonds. The fourth-order valence-corrected chi connectivity index (χ4v) is 5.99. The number of fused-ring (bicyclic) bond motifs is 2. The van der Waals surface area contributed by atoms with Gasteiger partial charge in [0, 0.05) is 79.2 Å². The molecule has 70 heavy (non-hydrogen) atoms. The molecule has 15 nitrogen and oxygen atoms in total. The minimum absolute atomic E-state index is 0. The number of amides is 4. The Morgan fingerprint density at radius 1 is 0.671 bits per heavy atom. The zero-order valence-corrected chi connectivity index (χ0v) is 49.2. The Kier molecular flexibility index (Phi) is 32.6. The summed E-state index contributed by atoms with van der Waals surface area (Å²) in [5.41, 5.74) is 5.46. The van der Waals surface area contributed by atoms with Gasteiger partial charge in [0.1, 0.15) is 0 Å². The van der Waals surface area contributed by atoms with Crippen LogP contribution in [0.4, 0.5) is 4.39 Å². The second-order valence-electron chi connectivity index (χ2n) is 12.8. The van der Waals surface area contributed by atoms with Gasteiger partial charge in [-0.3, -0.25) is 33.8 Å². The maximum absolute atomic E-state index is 12.1. The summed E-state index contributed by atoms with van der Waals surface area (Å²) in [6.07, 6.45) is 15.6. The monoisotopic (exact) mass is 1320 g/mol. The van der Waals surface area contributed by atoms with Crippen molar-refractivity contribution in [3.8, 4) is 0 Å². The van der Waals surface area contributed by atoms with E-state index in [-0.39, 0.29) is 75.5 Å². The Morgan fingerprint density at radius 2 is 1.00 bits per heavy atom. The average Bonchev–Trinajstić information content (AvgIpc) is 4.07. The van der Waals surface area contributed by atoms with Crippen molar-refractivity contribution in [1.29, 1.82) is 0 Å². The summed E-state index contributed by atoms with van der Waals surface area (Å²) >= 11 is 51.0. The van der Waals surface area contributed by atoms with Crippen molar-refractivity contribution >= 4 is 164 Å². The van der Waals surface area contributed by atoms with E-state index in [1.165, 1.54) is 30.1 Å². The number of aryl methyl sites for hydroxylation is 1. The van der Waals surface area contributed by atoms with Gasteiger partial charge < -0.3 is 6.16 Å². The van der Waals surface area contributed by atoms with E-state index in [9.17, 15) is 23.6 Å². The first-order valence-electron chi connectivity index (χ1n) is 19.7. The van der Waals surface area contributed by atoms with E-state index in [1.54, 1.807) is 85.7 Å². The van der Waals surface area contributed by atoms with Gasteiger partial charge in [-0.15, -0.1) is 0 Å². The number of rotatable bonds is 4. The summed E-state index contributed by atoms with van der Waals surface area (Å²) < 4.78 is 18.9. The van der Waals surface area contributed by atoms with Crippen molar-refractivity contribution in [2.75, 3.05) is 20.4 Å². The smallest absolute Gasteiger partial charge is 1.00 e. The van der Waals surface area contributed by atoms with Crippen molar-refractivity contribution in [1.82, 2.24) is 50.1 Å². The van der Waals surface area contributed by atoms with Crippen LogP contribution in [0, 0.1) is 6.92 Å². The molecule has 0 atom stereocenters. The zero-order chi connectivity index (χ0) is 52.2. The third-order valence-corrected chi connectivity index (χ3v) is 10.3. The van der Waals surface area contributed by atoms with Gasteiger partial charge in [-0.25, -0.2) is 39.9 Å². The van der Waals surface area contributed by atoms with Gasteiger partial charge in [0.25, 0.3) is 26.9 Å². The number of nitrogens with one attached hydrogen (secondary N) is 1. The number of benzene rings is 2. The molecule has 3 aliphatic heterocycles. The Bertz CT molecular complexity index is 2460. The van der Waals surface area contributed by atoms with E-state index in [0.717, 1.165) is 35.2 Å². The molecule has 0 radical (unpaired) electrons. The SMILES string of the molecule is C1CCOC1.Cc1cnc(Cl)nc1.ClC(Cl)(Cl)Cl.Clc1ncc(C(Br)Br)cn1.Clc1ncc(CBr)cn1.O=C1NC(=O)c2ccccc21.O=C1c2ccccc2C(=O)N1Cc1cnc(Cl)nc1.[2H]CF.[H-].[Na+]. The summed E-state index contributed by atoms with van der Waals surface area (Å²) in [6, 6.07) is 13.5. The van der Waals surface area contributed by atoms with Gasteiger partial charge in [0.05, 0.1) is 41.1 Å². The van der Waals surface area contributed by atoms with Crippen LogP contribution in [0.5, 0.6) is 0 Å². The standard InChI is InChI=1S/C13H8ClN3O2.C8H5NO2.C5H3Br2ClN2.C5H4BrClN2.C5H5ClN2.C4H8O.CCl4.CH3F.Na.H/c14-13-15-5-8(6-16-13)7-17-11(18)9-3-1-2-4-10(9)12(17)19;10-7-5-3-1-2-4-6(5)8(11)9-7;6-4(7)3-1-9-5(8)10-2-3;6-1-4-2-8-5(7)9-3-4;1-4-2-7-5(6)8-3-4;1-2-4-5-3-1;2-1(3,4)5;1-2;;/h1-6H,7H2;1-4H,(H,9,10,11);1-2,4H;2-3H,1H2;2-3H,1H3;1-4H2;;1H3;;/q;;;;;;;;+1;-1/i;;;;;;;1D;;. The van der Waals surface area contributed by atoms with Gasteiger partial charge in [-0.1, -0.05) is 118 Å². The summed E-state index contributed by atoms with van der Waals surface area (Å²) in [6.45, 7) is 4.06. The minimum atomic E-state index is -1.61. The molecule has 1 fully saturated rings. The fourth-order valence-electron chi connectivity index (χ4n) is 4.83. The molecule has 0 bridgehead atoms. The number of halogens is 12. The number of hydrogen-bond donors (Lipinski definition) is 1. The molecule has 4 aromatic heterocycles. The number of imide groups is 2. The van der Waals surface area contributed by atoms with Crippen LogP contribution in [-0.2, 0) is 16.6 Å². The van der Waals surface area contributed by atoms with Crippen LogP contribution in [0.25, 0.3) is 0 Å². The number of carbonyl (C=O) groups is 4. The van der Waals surface area contributed by atoms with Crippen molar-refractivity contribution < 1.29 is 60.7 Å². The molecule has 3 aliphatic rings. The molecule has 1 saturated heterocycles. The third kappa shape index (κ3) is 26.1. The summed E-state index contributed by atoms with van der Waals surface area (Å²) in [5.74, 6) is -1.19. The van der Waals surface area contributed by atoms with Crippen LogP contribution in [0.3, 0.4) is 0 Å². The Morgan fingerprint density at radius 3 is 1.31 bits per heavy atom. The maximum Gasteiger partial charge on any atom is 1.00 e. The number of ether oxygens (including phenoxy) is 1. The van der Waals surface area contributed by atoms with E-state index >= 15 is 0 Å². The molecule has 9 rings (SSSR count). The molecule has 6 aromatic rings. The molecule has 0 aliphatic carbocycles. The number of carbonyl (C=O) groups excluding carboxylic acids is 4. The second kappa shape index (κ2) is 35.8. The summed E-state index contributed by atoms with van der Waals surface area (Å²) in [5, 5.41) is 3.96. The topological polar surface area (TPSA) is 196 Å². The normalized spacial score (nSPS) is 12.7. The van der Waals surface area contributed by atoms with Gasteiger partial charge >= 0.3 is 29.6 Å². The Labute approximate surface area is 492 Å². The van der Waals surface area contributed by atoms with E-state index in [4.69, 9.17) is 98.9 Å². The second-order valence-corrected chi connectivity index (χ2v) is 21.2. The predicted octanol–water partition coefficient (Wildman–Crippen LogP) is 9.93. The molecule has 1 N–H and O–H groups in total. The van der Waals surface area contributed by atoms with E-state index < -0.39 is 10.4 Å². The Hall–Kier alpha value is -2.31. The summed E-state index contributed by atoms with van der Waals surface area (Å²) in [7, 11) is -1.00. The van der Waals surface area contributed by atoms with E-state index in [1.807, 2.05) is 6.92 Å². The van der Waals surface area contributed by atoms with Crippen LogP contribution in [0.15, 0.2) is 98.1 Å². The van der Waals surface area contributed by atoms with Crippen LogP contribution < -0.4 is 34.9 Å². The molecule has 2 aromatic carbocycles. The minimum Gasteiger partial charge on any atom is -1.00 e. The Balaban J connectivity index is 0.000000842. The molecule has 0 spiro atoms.